The van der Waals surface area contributed by atoms with Crippen LogP contribution in [-0.2, 0) is 14.3 Å². The summed E-state index contributed by atoms with van der Waals surface area (Å²) >= 11 is 0. The molecule has 23 heavy (non-hydrogen) atoms. The van der Waals surface area contributed by atoms with Crippen molar-refractivity contribution in [2.75, 3.05) is 13.7 Å². The topological polar surface area (TPSA) is 46.6 Å². The van der Waals surface area contributed by atoms with E-state index in [-0.39, 0.29) is 31.4 Å². The van der Waals surface area contributed by atoms with Gasteiger partial charge in [-0.15, -0.1) is 0 Å². The maximum atomic E-state index is 13.8. The normalized spacial score (nSPS) is 20.4. The number of carbonyl (C=O) groups is 2. The fraction of sp³-hybridized carbons (Fsp3) is 0.412. The quantitative estimate of drug-likeness (QED) is 0.618. The number of hydrogen-bond donors (Lipinski definition) is 0. The number of halogens is 2. The number of likely N-dealkylation sites (tertiary alicyclic amines) is 1. The Morgan fingerprint density at radius 3 is 2.78 bits per heavy atom. The molecule has 1 aromatic rings. The van der Waals surface area contributed by atoms with E-state index in [9.17, 15) is 18.4 Å². The van der Waals surface area contributed by atoms with Gasteiger partial charge in [0.15, 0.2) is 0 Å². The van der Waals surface area contributed by atoms with Gasteiger partial charge in [-0.05, 0) is 24.1 Å². The van der Waals surface area contributed by atoms with Crippen LogP contribution in [0.15, 0.2) is 36.4 Å². The Morgan fingerprint density at radius 2 is 2.13 bits per heavy atom. The van der Waals surface area contributed by atoms with Gasteiger partial charge in [0.05, 0.1) is 19.7 Å². The molecule has 0 N–H and O–H groups in total. The fourth-order valence-electron chi connectivity index (χ4n) is 2.70. The second-order valence-electron chi connectivity index (χ2n) is 5.54. The number of hydrogen-bond acceptors (Lipinski definition) is 3. The van der Waals surface area contributed by atoms with Gasteiger partial charge in [-0.2, -0.15) is 0 Å². The summed E-state index contributed by atoms with van der Waals surface area (Å²) in [4.78, 5) is 25.0. The van der Waals surface area contributed by atoms with Crippen molar-refractivity contribution < 1.29 is 23.1 Å². The minimum absolute atomic E-state index is 0.0403. The maximum absolute atomic E-state index is 13.8. The van der Waals surface area contributed by atoms with Gasteiger partial charge in [0, 0.05) is 18.4 Å². The SMILES string of the molecule is C=C(CCC(=O)OC)C(=O)N1CC(F)CC1c1cccc(F)c1. The molecule has 124 valence electrons. The lowest BCUT2D eigenvalue weighted by atomic mass is 10.0. The Balaban J connectivity index is 2.11. The third-order valence-corrected chi connectivity index (χ3v) is 3.91. The molecule has 1 aromatic carbocycles. The van der Waals surface area contributed by atoms with Crippen molar-refractivity contribution in [3.05, 3.63) is 47.8 Å². The summed E-state index contributed by atoms with van der Waals surface area (Å²) in [5.74, 6) is -1.28. The van der Waals surface area contributed by atoms with Gasteiger partial charge in [-0.1, -0.05) is 18.7 Å². The van der Waals surface area contributed by atoms with Gasteiger partial charge in [0.1, 0.15) is 12.0 Å². The molecule has 0 bridgehead atoms. The van der Waals surface area contributed by atoms with Crippen LogP contribution >= 0.6 is 0 Å². The summed E-state index contributed by atoms with van der Waals surface area (Å²) in [5.41, 5.74) is 0.769. The smallest absolute Gasteiger partial charge is 0.305 e. The largest absolute Gasteiger partial charge is 0.469 e. The predicted octanol–water partition coefficient (Wildman–Crippen LogP) is 2.95. The van der Waals surface area contributed by atoms with Crippen LogP contribution in [0.2, 0.25) is 0 Å². The summed E-state index contributed by atoms with van der Waals surface area (Å²) < 4.78 is 31.7. The van der Waals surface area contributed by atoms with E-state index >= 15 is 0 Å². The molecule has 0 aromatic heterocycles. The second kappa shape index (κ2) is 7.35. The van der Waals surface area contributed by atoms with Crippen LogP contribution in [0.1, 0.15) is 30.9 Å². The van der Waals surface area contributed by atoms with E-state index in [4.69, 9.17) is 0 Å². The van der Waals surface area contributed by atoms with Crippen molar-refractivity contribution in [1.82, 2.24) is 4.90 Å². The first-order valence-electron chi connectivity index (χ1n) is 7.37. The first-order valence-corrected chi connectivity index (χ1v) is 7.37. The molecule has 2 unspecified atom stereocenters. The Bertz CT molecular complexity index is 618. The average molecular weight is 323 g/mol. The first-order chi connectivity index (χ1) is 10.9. The summed E-state index contributed by atoms with van der Waals surface area (Å²) in [6, 6.07) is 5.28. The Morgan fingerprint density at radius 1 is 1.39 bits per heavy atom. The molecule has 1 aliphatic heterocycles. The Kier molecular flexibility index (Phi) is 5.47. The molecule has 1 amide bonds. The van der Waals surface area contributed by atoms with Crippen molar-refractivity contribution in [3.63, 3.8) is 0 Å². The van der Waals surface area contributed by atoms with Gasteiger partial charge in [-0.3, -0.25) is 9.59 Å². The number of alkyl halides is 1. The van der Waals surface area contributed by atoms with E-state index in [1.807, 2.05) is 0 Å². The van der Waals surface area contributed by atoms with Gasteiger partial charge in [-0.25, -0.2) is 8.78 Å². The van der Waals surface area contributed by atoms with E-state index in [2.05, 4.69) is 11.3 Å². The highest BCUT2D eigenvalue weighted by molar-refractivity contribution is 5.93. The second-order valence-corrected chi connectivity index (χ2v) is 5.54. The fourth-order valence-corrected chi connectivity index (χ4v) is 2.70. The molecule has 0 aliphatic carbocycles. The minimum Gasteiger partial charge on any atom is -0.469 e. The monoisotopic (exact) mass is 323 g/mol. The van der Waals surface area contributed by atoms with Crippen LogP contribution < -0.4 is 0 Å². The summed E-state index contributed by atoms with van der Waals surface area (Å²) in [6.07, 6.45) is -0.854. The lowest BCUT2D eigenvalue weighted by Crippen LogP contribution is -2.32. The van der Waals surface area contributed by atoms with Crippen LogP contribution in [0.3, 0.4) is 0 Å². The molecule has 0 spiro atoms. The van der Waals surface area contributed by atoms with Crippen molar-refractivity contribution in [1.29, 1.82) is 0 Å². The molecule has 1 saturated heterocycles. The molecular weight excluding hydrogens is 304 g/mol. The highest BCUT2D eigenvalue weighted by Crippen LogP contribution is 2.35. The minimum atomic E-state index is -1.17. The highest BCUT2D eigenvalue weighted by atomic mass is 19.1. The van der Waals surface area contributed by atoms with E-state index in [0.717, 1.165) is 0 Å². The molecule has 2 rings (SSSR count). The number of carbonyl (C=O) groups excluding carboxylic acids is 2. The van der Waals surface area contributed by atoms with Crippen LogP contribution in [-0.4, -0.2) is 36.6 Å². The van der Waals surface area contributed by atoms with Gasteiger partial charge in [0.2, 0.25) is 5.91 Å². The number of amides is 1. The molecule has 4 nitrogen and oxygen atoms in total. The maximum Gasteiger partial charge on any atom is 0.305 e. The van der Waals surface area contributed by atoms with E-state index in [1.165, 1.54) is 30.2 Å². The number of ether oxygens (including phenoxy) is 1. The number of rotatable bonds is 5. The molecule has 1 heterocycles. The first kappa shape index (κ1) is 17.1. The summed E-state index contributed by atoms with van der Waals surface area (Å²) in [5, 5.41) is 0. The van der Waals surface area contributed by atoms with E-state index in [1.54, 1.807) is 6.07 Å². The summed E-state index contributed by atoms with van der Waals surface area (Å²) in [7, 11) is 1.26. The molecule has 6 heteroatoms. The molecule has 0 radical (unpaired) electrons. The third-order valence-electron chi connectivity index (χ3n) is 3.91. The molecule has 2 atom stereocenters. The van der Waals surface area contributed by atoms with Crippen LogP contribution in [0.25, 0.3) is 0 Å². The zero-order valence-corrected chi connectivity index (χ0v) is 12.9. The Labute approximate surface area is 133 Å². The van der Waals surface area contributed by atoms with Crippen molar-refractivity contribution in [2.24, 2.45) is 0 Å². The lowest BCUT2D eigenvalue weighted by molar-refractivity contribution is -0.140. The molecular formula is C17H19F2NO3. The molecule has 0 saturated carbocycles. The van der Waals surface area contributed by atoms with Gasteiger partial charge in [0.25, 0.3) is 0 Å². The zero-order valence-electron chi connectivity index (χ0n) is 12.9. The number of esters is 1. The predicted molar refractivity (Wildman–Crippen MR) is 80.8 cm³/mol. The lowest BCUT2D eigenvalue weighted by Gasteiger charge is -2.25. The van der Waals surface area contributed by atoms with Crippen LogP contribution in [0.5, 0.6) is 0 Å². The number of nitrogens with zero attached hydrogens (tertiary/aromatic N) is 1. The van der Waals surface area contributed by atoms with Crippen molar-refractivity contribution >= 4 is 11.9 Å². The molecule has 1 fully saturated rings. The zero-order chi connectivity index (χ0) is 17.0. The Hall–Kier alpha value is -2.24. The van der Waals surface area contributed by atoms with Crippen LogP contribution in [0.4, 0.5) is 8.78 Å². The van der Waals surface area contributed by atoms with E-state index < -0.39 is 29.9 Å². The highest BCUT2D eigenvalue weighted by Gasteiger charge is 2.37. The number of benzene rings is 1. The van der Waals surface area contributed by atoms with Crippen molar-refractivity contribution in [2.45, 2.75) is 31.5 Å². The van der Waals surface area contributed by atoms with E-state index in [0.29, 0.717) is 5.56 Å². The van der Waals surface area contributed by atoms with Gasteiger partial charge >= 0.3 is 5.97 Å². The summed E-state index contributed by atoms with van der Waals surface area (Å²) in [6.45, 7) is 3.62. The standard InChI is InChI=1S/C17H19F2NO3/c1-11(6-7-16(21)23-2)17(22)20-10-14(19)9-15(20)12-4-3-5-13(18)8-12/h3-5,8,14-15H,1,6-7,9-10H2,2H3. The molecule has 1 aliphatic rings. The van der Waals surface area contributed by atoms with Gasteiger partial charge < -0.3 is 9.64 Å². The third kappa shape index (κ3) is 4.15. The average Bonchev–Trinajstić information content (AvgIpc) is 2.93. The number of methoxy groups -OCH3 is 1. The van der Waals surface area contributed by atoms with Crippen LogP contribution in [0, 0.1) is 5.82 Å². The van der Waals surface area contributed by atoms with Crippen molar-refractivity contribution in [3.8, 4) is 0 Å².